The molecule has 0 aromatic rings. The fraction of sp³-hybridized carbons (Fsp3) is 0.667. The maximum absolute atomic E-state index is 10.8. The molecule has 1 aliphatic heterocycles. The molecule has 0 aromatic carbocycles. The maximum Gasteiger partial charge on any atom is 0.246 e. The van der Waals surface area contributed by atoms with Crippen LogP contribution in [-0.2, 0) is 14.3 Å². The molecule has 2 N–H and O–H groups in total. The Bertz CT molecular complexity index is 211. The van der Waals surface area contributed by atoms with Gasteiger partial charge in [-0.15, -0.1) is 0 Å². The SMILES string of the molecule is C=C(C(N)=O)C(CC)OCC1CO1. The highest BCUT2D eigenvalue weighted by molar-refractivity contribution is 5.92. The molecule has 0 aliphatic carbocycles. The van der Waals surface area contributed by atoms with E-state index in [1.165, 1.54) is 0 Å². The van der Waals surface area contributed by atoms with Crippen LogP contribution in [0.3, 0.4) is 0 Å². The summed E-state index contributed by atoms with van der Waals surface area (Å²) in [6, 6.07) is 0. The Morgan fingerprint density at radius 1 is 1.85 bits per heavy atom. The number of carbonyl (C=O) groups excluding carboxylic acids is 1. The van der Waals surface area contributed by atoms with Crippen LogP contribution < -0.4 is 5.73 Å². The quantitative estimate of drug-likeness (QED) is 0.475. The summed E-state index contributed by atoms with van der Waals surface area (Å²) in [5.41, 5.74) is 5.42. The molecule has 0 aromatic heterocycles. The second kappa shape index (κ2) is 4.39. The van der Waals surface area contributed by atoms with Crippen LogP contribution in [0.25, 0.3) is 0 Å². The number of hydrogen-bond acceptors (Lipinski definition) is 3. The van der Waals surface area contributed by atoms with E-state index in [0.29, 0.717) is 18.6 Å². The molecule has 4 heteroatoms. The molecule has 0 bridgehead atoms. The van der Waals surface area contributed by atoms with Crippen LogP contribution in [0.1, 0.15) is 13.3 Å². The molecule has 0 spiro atoms. The number of hydrogen-bond donors (Lipinski definition) is 1. The molecule has 74 valence electrons. The molecule has 2 atom stereocenters. The standard InChI is InChI=1S/C9H15NO3/c1-3-8(6(2)9(10)11)13-5-7-4-12-7/h7-8H,2-5H2,1H3,(H2,10,11). The van der Waals surface area contributed by atoms with Gasteiger partial charge in [-0.05, 0) is 6.42 Å². The van der Waals surface area contributed by atoms with Gasteiger partial charge in [0.2, 0.25) is 5.91 Å². The summed E-state index contributed by atoms with van der Waals surface area (Å²) >= 11 is 0. The Labute approximate surface area is 77.7 Å². The molecule has 1 rings (SSSR count). The summed E-state index contributed by atoms with van der Waals surface area (Å²) in [6.07, 6.45) is 0.644. The predicted octanol–water partition coefficient (Wildman–Crippen LogP) is 0.222. The van der Waals surface area contributed by atoms with E-state index in [-0.39, 0.29) is 12.2 Å². The zero-order valence-corrected chi connectivity index (χ0v) is 7.79. The predicted molar refractivity (Wildman–Crippen MR) is 48.1 cm³/mol. The van der Waals surface area contributed by atoms with Crippen LogP contribution in [0.4, 0.5) is 0 Å². The molecular weight excluding hydrogens is 170 g/mol. The van der Waals surface area contributed by atoms with Gasteiger partial charge in [-0.1, -0.05) is 13.5 Å². The van der Waals surface area contributed by atoms with Gasteiger partial charge in [0.15, 0.2) is 0 Å². The molecular formula is C9H15NO3. The first-order chi connectivity index (χ1) is 6.15. The van der Waals surface area contributed by atoms with Crippen molar-refractivity contribution in [2.75, 3.05) is 13.2 Å². The van der Waals surface area contributed by atoms with Crippen molar-refractivity contribution in [1.29, 1.82) is 0 Å². The molecule has 1 saturated heterocycles. The van der Waals surface area contributed by atoms with Gasteiger partial charge < -0.3 is 15.2 Å². The highest BCUT2D eigenvalue weighted by Crippen LogP contribution is 2.14. The van der Waals surface area contributed by atoms with Gasteiger partial charge in [-0.25, -0.2) is 0 Å². The third kappa shape index (κ3) is 3.16. The summed E-state index contributed by atoms with van der Waals surface area (Å²) in [4.78, 5) is 10.8. The summed E-state index contributed by atoms with van der Waals surface area (Å²) < 4.78 is 10.4. The number of rotatable bonds is 6. The Hall–Kier alpha value is -0.870. The highest BCUT2D eigenvalue weighted by Gasteiger charge is 2.25. The monoisotopic (exact) mass is 185 g/mol. The topological polar surface area (TPSA) is 64.9 Å². The highest BCUT2D eigenvalue weighted by atomic mass is 16.6. The largest absolute Gasteiger partial charge is 0.371 e. The molecule has 0 saturated carbocycles. The third-order valence-electron chi connectivity index (χ3n) is 1.96. The lowest BCUT2D eigenvalue weighted by Gasteiger charge is -2.15. The second-order valence-electron chi connectivity index (χ2n) is 3.08. The zero-order chi connectivity index (χ0) is 9.84. The van der Waals surface area contributed by atoms with Crippen LogP contribution in [0.15, 0.2) is 12.2 Å². The van der Waals surface area contributed by atoms with E-state index in [1.54, 1.807) is 0 Å². The van der Waals surface area contributed by atoms with Gasteiger partial charge in [0.05, 0.1) is 19.3 Å². The van der Waals surface area contributed by atoms with Crippen LogP contribution in [0.5, 0.6) is 0 Å². The molecule has 13 heavy (non-hydrogen) atoms. The van der Waals surface area contributed by atoms with Crippen molar-refractivity contribution in [3.05, 3.63) is 12.2 Å². The second-order valence-corrected chi connectivity index (χ2v) is 3.08. The summed E-state index contributed by atoms with van der Waals surface area (Å²) in [5, 5.41) is 0. The lowest BCUT2D eigenvalue weighted by Crippen LogP contribution is -2.26. The lowest BCUT2D eigenvalue weighted by atomic mass is 10.1. The summed E-state index contributed by atoms with van der Waals surface area (Å²) in [6.45, 7) is 6.77. The van der Waals surface area contributed by atoms with Crippen LogP contribution >= 0.6 is 0 Å². The van der Waals surface area contributed by atoms with Gasteiger partial charge in [0.25, 0.3) is 0 Å². The van der Waals surface area contributed by atoms with Gasteiger partial charge in [-0.2, -0.15) is 0 Å². The number of carbonyl (C=O) groups is 1. The van der Waals surface area contributed by atoms with Crippen molar-refractivity contribution in [2.45, 2.75) is 25.6 Å². The van der Waals surface area contributed by atoms with Gasteiger partial charge >= 0.3 is 0 Å². The van der Waals surface area contributed by atoms with Crippen LogP contribution in [0, 0.1) is 0 Å². The van der Waals surface area contributed by atoms with Gasteiger partial charge in [-0.3, -0.25) is 4.79 Å². The van der Waals surface area contributed by atoms with Crippen molar-refractivity contribution in [2.24, 2.45) is 5.73 Å². The fourth-order valence-electron chi connectivity index (χ4n) is 1.01. The Kier molecular flexibility index (Phi) is 3.45. The Balaban J connectivity index is 2.31. The average molecular weight is 185 g/mol. The number of nitrogens with two attached hydrogens (primary N) is 1. The number of epoxide rings is 1. The van der Waals surface area contributed by atoms with E-state index in [0.717, 1.165) is 6.61 Å². The normalized spacial score (nSPS) is 22.4. The third-order valence-corrected chi connectivity index (χ3v) is 1.96. The Morgan fingerprint density at radius 3 is 2.85 bits per heavy atom. The van der Waals surface area contributed by atoms with E-state index >= 15 is 0 Å². The number of amides is 1. The van der Waals surface area contributed by atoms with Crippen molar-refractivity contribution < 1.29 is 14.3 Å². The molecule has 1 fully saturated rings. The first kappa shape index (κ1) is 10.2. The fourth-order valence-corrected chi connectivity index (χ4v) is 1.01. The number of ether oxygens (including phenoxy) is 2. The van der Waals surface area contributed by atoms with E-state index in [9.17, 15) is 4.79 Å². The van der Waals surface area contributed by atoms with E-state index in [1.807, 2.05) is 6.92 Å². The van der Waals surface area contributed by atoms with Crippen molar-refractivity contribution >= 4 is 5.91 Å². The molecule has 0 radical (unpaired) electrons. The minimum absolute atomic E-state index is 0.203. The lowest BCUT2D eigenvalue weighted by molar-refractivity contribution is -0.116. The minimum Gasteiger partial charge on any atom is -0.371 e. The smallest absolute Gasteiger partial charge is 0.246 e. The van der Waals surface area contributed by atoms with E-state index < -0.39 is 5.91 Å². The number of primary amides is 1. The molecule has 4 nitrogen and oxygen atoms in total. The van der Waals surface area contributed by atoms with Gasteiger partial charge in [0.1, 0.15) is 6.10 Å². The van der Waals surface area contributed by atoms with Crippen LogP contribution in [-0.4, -0.2) is 31.3 Å². The first-order valence-electron chi connectivity index (χ1n) is 4.37. The maximum atomic E-state index is 10.8. The van der Waals surface area contributed by atoms with Crippen LogP contribution in [0.2, 0.25) is 0 Å². The summed E-state index contributed by atoms with van der Waals surface area (Å²) in [7, 11) is 0. The van der Waals surface area contributed by atoms with E-state index in [2.05, 4.69) is 6.58 Å². The molecule has 2 unspecified atom stereocenters. The minimum atomic E-state index is -0.497. The molecule has 1 aliphatic rings. The van der Waals surface area contributed by atoms with Crippen molar-refractivity contribution in [3.63, 3.8) is 0 Å². The first-order valence-corrected chi connectivity index (χ1v) is 4.37. The zero-order valence-electron chi connectivity index (χ0n) is 7.79. The molecule has 1 amide bonds. The van der Waals surface area contributed by atoms with Crippen molar-refractivity contribution in [3.8, 4) is 0 Å². The van der Waals surface area contributed by atoms with Crippen molar-refractivity contribution in [1.82, 2.24) is 0 Å². The average Bonchev–Trinajstić information content (AvgIpc) is 2.88. The molecule has 1 heterocycles. The summed E-state index contributed by atoms with van der Waals surface area (Å²) in [5.74, 6) is -0.497. The van der Waals surface area contributed by atoms with Gasteiger partial charge in [0, 0.05) is 5.57 Å². The van der Waals surface area contributed by atoms with E-state index in [4.69, 9.17) is 15.2 Å². The Morgan fingerprint density at radius 2 is 2.46 bits per heavy atom.